The number of aromatic nitrogens is 1. The van der Waals surface area contributed by atoms with Gasteiger partial charge in [0.05, 0.1) is 0 Å². The topological polar surface area (TPSA) is 65.5 Å². The van der Waals surface area contributed by atoms with Gasteiger partial charge in [-0.15, -0.1) is 0 Å². The number of anilines is 1. The van der Waals surface area contributed by atoms with Crippen LogP contribution in [-0.2, 0) is 0 Å². The van der Waals surface area contributed by atoms with Crippen LogP contribution < -0.4 is 5.32 Å². The van der Waals surface area contributed by atoms with Gasteiger partial charge in [-0.05, 0) is 38.3 Å². The molecule has 0 saturated heterocycles. The summed E-state index contributed by atoms with van der Waals surface area (Å²) in [5, 5.41) is 12.5. The minimum Gasteiger partial charge on any atom is -0.396 e. The summed E-state index contributed by atoms with van der Waals surface area (Å²) in [4.78, 5) is 18.2. The molecule has 0 fully saturated rings. The predicted octanol–water partition coefficient (Wildman–Crippen LogP) is 2.38. The first-order valence-corrected chi connectivity index (χ1v) is 7.66. The maximum Gasteiger partial charge on any atom is 0.272 e. The lowest BCUT2D eigenvalue weighted by Crippen LogP contribution is -2.31. The molecule has 0 spiro atoms. The van der Waals surface area contributed by atoms with Crippen LogP contribution in [0.3, 0.4) is 0 Å². The number of pyridine rings is 1. The van der Waals surface area contributed by atoms with Gasteiger partial charge in [-0.2, -0.15) is 0 Å². The number of rotatable bonds is 8. The maximum absolute atomic E-state index is 12.3. The zero-order chi connectivity index (χ0) is 15.8. The number of carbonyl (C=O) groups is 1. The summed E-state index contributed by atoms with van der Waals surface area (Å²) < 4.78 is 0. The first kappa shape index (κ1) is 17.4. The van der Waals surface area contributed by atoms with E-state index in [2.05, 4.69) is 24.1 Å². The van der Waals surface area contributed by atoms with Crippen LogP contribution >= 0.6 is 0 Å². The molecule has 0 radical (unpaired) electrons. The number of carbonyl (C=O) groups excluding carboxylic acids is 1. The third-order valence-corrected chi connectivity index (χ3v) is 3.63. The summed E-state index contributed by atoms with van der Waals surface area (Å²) in [6.45, 7) is 9.62. The van der Waals surface area contributed by atoms with Crippen molar-refractivity contribution in [3.8, 4) is 0 Å². The summed E-state index contributed by atoms with van der Waals surface area (Å²) in [5.74, 6) is 0.346. The Morgan fingerprint density at radius 2 is 2.05 bits per heavy atom. The fourth-order valence-corrected chi connectivity index (χ4v) is 2.24. The molecule has 5 heteroatoms. The summed E-state index contributed by atoms with van der Waals surface area (Å²) in [5.41, 5.74) is 1.32. The second kappa shape index (κ2) is 8.62. The van der Waals surface area contributed by atoms with Crippen LogP contribution in [0, 0.1) is 5.92 Å². The summed E-state index contributed by atoms with van der Waals surface area (Å²) in [7, 11) is 0. The second-order valence-corrected chi connectivity index (χ2v) is 5.41. The number of nitrogens with one attached hydrogen (secondary N) is 1. The van der Waals surface area contributed by atoms with E-state index in [0.29, 0.717) is 31.1 Å². The van der Waals surface area contributed by atoms with Crippen molar-refractivity contribution in [1.29, 1.82) is 0 Å². The molecule has 1 aromatic rings. The van der Waals surface area contributed by atoms with Crippen molar-refractivity contribution in [3.63, 3.8) is 0 Å². The normalized spacial score (nSPS) is 12.3. The van der Waals surface area contributed by atoms with Crippen molar-refractivity contribution >= 4 is 11.6 Å². The first-order chi connectivity index (χ1) is 10.0. The van der Waals surface area contributed by atoms with Gasteiger partial charge in [0.25, 0.3) is 5.91 Å². The Balaban J connectivity index is 2.87. The van der Waals surface area contributed by atoms with Crippen molar-refractivity contribution in [2.24, 2.45) is 5.92 Å². The lowest BCUT2D eigenvalue weighted by molar-refractivity contribution is 0.0767. The largest absolute Gasteiger partial charge is 0.396 e. The molecule has 0 aliphatic carbocycles. The van der Waals surface area contributed by atoms with E-state index < -0.39 is 0 Å². The Labute approximate surface area is 127 Å². The SMILES string of the molecule is CCN(CC)C(=O)c1cc(NC(CCO)C(C)C)ccn1. The van der Waals surface area contributed by atoms with Crippen LogP contribution in [0.5, 0.6) is 0 Å². The molecular weight excluding hydrogens is 266 g/mol. The van der Waals surface area contributed by atoms with Gasteiger partial charge in [-0.1, -0.05) is 13.8 Å². The van der Waals surface area contributed by atoms with Crippen molar-refractivity contribution in [2.75, 3.05) is 25.0 Å². The number of aliphatic hydroxyl groups excluding tert-OH is 1. The number of nitrogens with zero attached hydrogens (tertiary/aromatic N) is 2. The molecule has 1 unspecified atom stereocenters. The molecule has 21 heavy (non-hydrogen) atoms. The summed E-state index contributed by atoms with van der Waals surface area (Å²) in [6.07, 6.45) is 2.33. The molecule has 2 N–H and O–H groups in total. The lowest BCUT2D eigenvalue weighted by atomic mass is 10.0. The van der Waals surface area contributed by atoms with Gasteiger partial charge >= 0.3 is 0 Å². The Hall–Kier alpha value is -1.62. The van der Waals surface area contributed by atoms with E-state index >= 15 is 0 Å². The molecule has 1 amide bonds. The average Bonchev–Trinajstić information content (AvgIpc) is 2.48. The summed E-state index contributed by atoms with van der Waals surface area (Å²) >= 11 is 0. The highest BCUT2D eigenvalue weighted by molar-refractivity contribution is 5.93. The van der Waals surface area contributed by atoms with Gasteiger partial charge in [0, 0.05) is 37.6 Å². The Bertz CT molecular complexity index is 445. The fourth-order valence-electron chi connectivity index (χ4n) is 2.24. The molecule has 0 aromatic carbocycles. The van der Waals surface area contributed by atoms with E-state index in [0.717, 1.165) is 5.69 Å². The molecule has 0 bridgehead atoms. The quantitative estimate of drug-likeness (QED) is 0.772. The van der Waals surface area contributed by atoms with Gasteiger partial charge < -0.3 is 15.3 Å². The van der Waals surface area contributed by atoms with Crippen LogP contribution in [0.2, 0.25) is 0 Å². The van der Waals surface area contributed by atoms with Gasteiger partial charge in [-0.25, -0.2) is 0 Å². The highest BCUT2D eigenvalue weighted by Gasteiger charge is 2.16. The third kappa shape index (κ3) is 5.01. The van der Waals surface area contributed by atoms with Gasteiger partial charge in [-0.3, -0.25) is 9.78 Å². The number of hydrogen-bond donors (Lipinski definition) is 2. The maximum atomic E-state index is 12.3. The molecule has 0 aliphatic rings. The van der Waals surface area contributed by atoms with E-state index in [1.54, 1.807) is 17.2 Å². The van der Waals surface area contributed by atoms with Crippen molar-refractivity contribution < 1.29 is 9.90 Å². The smallest absolute Gasteiger partial charge is 0.272 e. The van der Waals surface area contributed by atoms with E-state index in [-0.39, 0.29) is 18.6 Å². The molecule has 1 atom stereocenters. The molecule has 1 rings (SSSR count). The highest BCUT2D eigenvalue weighted by atomic mass is 16.3. The zero-order valence-corrected chi connectivity index (χ0v) is 13.5. The molecule has 1 aromatic heterocycles. The van der Waals surface area contributed by atoms with Crippen LogP contribution in [0.15, 0.2) is 18.3 Å². The van der Waals surface area contributed by atoms with Gasteiger partial charge in [0.2, 0.25) is 0 Å². The molecule has 5 nitrogen and oxygen atoms in total. The minimum atomic E-state index is -0.0492. The van der Waals surface area contributed by atoms with Gasteiger partial charge in [0.1, 0.15) is 5.69 Å². The Kier molecular flexibility index (Phi) is 7.15. The number of amides is 1. The number of hydrogen-bond acceptors (Lipinski definition) is 4. The molecule has 1 heterocycles. The second-order valence-electron chi connectivity index (χ2n) is 5.41. The highest BCUT2D eigenvalue weighted by Crippen LogP contribution is 2.16. The van der Waals surface area contributed by atoms with Crippen molar-refractivity contribution in [2.45, 2.75) is 40.2 Å². The van der Waals surface area contributed by atoms with E-state index in [1.807, 2.05) is 19.9 Å². The predicted molar refractivity (Wildman–Crippen MR) is 85.4 cm³/mol. The van der Waals surface area contributed by atoms with E-state index in [4.69, 9.17) is 5.11 Å². The van der Waals surface area contributed by atoms with Crippen LogP contribution in [0.4, 0.5) is 5.69 Å². The lowest BCUT2D eigenvalue weighted by Gasteiger charge is -2.23. The van der Waals surface area contributed by atoms with Crippen molar-refractivity contribution in [3.05, 3.63) is 24.0 Å². The van der Waals surface area contributed by atoms with E-state index in [1.165, 1.54) is 0 Å². The van der Waals surface area contributed by atoms with Crippen molar-refractivity contribution in [1.82, 2.24) is 9.88 Å². The van der Waals surface area contributed by atoms with Crippen LogP contribution in [-0.4, -0.2) is 46.6 Å². The minimum absolute atomic E-state index is 0.0492. The monoisotopic (exact) mass is 293 g/mol. The Morgan fingerprint density at radius 1 is 1.38 bits per heavy atom. The molecular formula is C16H27N3O2. The number of aliphatic hydroxyl groups is 1. The first-order valence-electron chi connectivity index (χ1n) is 7.66. The summed E-state index contributed by atoms with van der Waals surface area (Å²) in [6, 6.07) is 3.81. The zero-order valence-electron chi connectivity index (χ0n) is 13.5. The van der Waals surface area contributed by atoms with Crippen LogP contribution in [0.1, 0.15) is 44.6 Å². The van der Waals surface area contributed by atoms with Crippen LogP contribution in [0.25, 0.3) is 0 Å². The van der Waals surface area contributed by atoms with Gasteiger partial charge in [0.15, 0.2) is 0 Å². The standard InChI is InChI=1S/C16H27N3O2/c1-5-19(6-2)16(21)15-11-13(7-9-17-15)18-14(8-10-20)12(3)4/h7,9,11-12,14,20H,5-6,8,10H2,1-4H3,(H,17,18). The molecule has 118 valence electrons. The molecule has 0 saturated carbocycles. The fraction of sp³-hybridized carbons (Fsp3) is 0.625. The third-order valence-electron chi connectivity index (χ3n) is 3.63. The average molecular weight is 293 g/mol. The molecule has 0 aliphatic heterocycles. The van der Waals surface area contributed by atoms with E-state index in [9.17, 15) is 4.79 Å². The Morgan fingerprint density at radius 3 is 2.57 bits per heavy atom.